The van der Waals surface area contributed by atoms with E-state index in [1.165, 1.54) is 0 Å². The van der Waals surface area contributed by atoms with Crippen LogP contribution in [-0.4, -0.2) is 18.4 Å². The van der Waals surface area contributed by atoms with E-state index in [1.807, 2.05) is 77.7 Å². The molecule has 0 aromatic heterocycles. The Kier molecular flexibility index (Phi) is 5.20. The number of hydrogen-bond acceptors (Lipinski definition) is 2. The molecule has 1 aliphatic heterocycles. The monoisotopic (exact) mass is 370 g/mol. The number of rotatable bonds is 4. The lowest BCUT2D eigenvalue weighted by molar-refractivity contribution is 0.0950. The van der Waals surface area contributed by atoms with Crippen LogP contribution in [0.25, 0.3) is 0 Å². The Morgan fingerprint density at radius 3 is 2.32 bits per heavy atom. The topological polar surface area (TPSA) is 49.4 Å². The van der Waals surface area contributed by atoms with Gasteiger partial charge in [-0.25, -0.2) is 0 Å². The lowest BCUT2D eigenvalue weighted by Gasteiger charge is -2.30. The van der Waals surface area contributed by atoms with Crippen LogP contribution >= 0.6 is 0 Å². The maximum atomic E-state index is 12.9. The number of hydrogen-bond donors (Lipinski definition) is 1. The number of carbonyl (C=O) groups excluding carboxylic acids is 2. The van der Waals surface area contributed by atoms with Gasteiger partial charge in [-0.2, -0.15) is 0 Å². The summed E-state index contributed by atoms with van der Waals surface area (Å²) in [6.45, 7) is 1.19. The summed E-state index contributed by atoms with van der Waals surface area (Å²) in [5.74, 6) is -0.0963. The number of benzene rings is 3. The molecule has 0 radical (unpaired) electrons. The smallest absolute Gasteiger partial charge is 0.258 e. The number of nitrogens with one attached hydrogen (secondary N) is 1. The van der Waals surface area contributed by atoms with Crippen molar-refractivity contribution in [1.82, 2.24) is 5.32 Å². The van der Waals surface area contributed by atoms with E-state index >= 15 is 0 Å². The van der Waals surface area contributed by atoms with Gasteiger partial charge in [-0.3, -0.25) is 9.59 Å². The van der Waals surface area contributed by atoms with Crippen LogP contribution in [0, 0.1) is 0 Å². The van der Waals surface area contributed by atoms with Crippen molar-refractivity contribution in [2.24, 2.45) is 0 Å². The summed E-state index contributed by atoms with van der Waals surface area (Å²) < 4.78 is 0. The number of carbonyl (C=O) groups is 2. The zero-order valence-electron chi connectivity index (χ0n) is 15.6. The molecule has 4 heteroatoms. The molecule has 1 heterocycles. The Morgan fingerprint density at radius 1 is 0.857 bits per heavy atom. The van der Waals surface area contributed by atoms with E-state index in [0.717, 1.165) is 29.7 Å². The van der Waals surface area contributed by atoms with Crippen LogP contribution in [0.4, 0.5) is 5.69 Å². The van der Waals surface area contributed by atoms with Crippen LogP contribution in [0.5, 0.6) is 0 Å². The highest BCUT2D eigenvalue weighted by Crippen LogP contribution is 2.29. The van der Waals surface area contributed by atoms with Crippen molar-refractivity contribution in [1.29, 1.82) is 0 Å². The SMILES string of the molecule is O=C(NCc1ccccc1)c1ccc2c(c1)CCCN2C(=O)c1ccccc1. The summed E-state index contributed by atoms with van der Waals surface area (Å²) in [4.78, 5) is 27.3. The second-order valence-corrected chi connectivity index (χ2v) is 6.94. The number of fused-ring (bicyclic) bond motifs is 1. The molecule has 4 rings (SSSR count). The fourth-order valence-electron chi connectivity index (χ4n) is 3.57. The Balaban J connectivity index is 1.51. The van der Waals surface area contributed by atoms with Gasteiger partial charge in [0.15, 0.2) is 0 Å². The third kappa shape index (κ3) is 3.81. The molecule has 0 saturated heterocycles. The quantitative estimate of drug-likeness (QED) is 0.748. The van der Waals surface area contributed by atoms with Gasteiger partial charge in [0.2, 0.25) is 0 Å². The maximum absolute atomic E-state index is 12.9. The van der Waals surface area contributed by atoms with Gasteiger partial charge >= 0.3 is 0 Å². The van der Waals surface area contributed by atoms with E-state index < -0.39 is 0 Å². The number of anilines is 1. The summed E-state index contributed by atoms with van der Waals surface area (Å²) in [5, 5.41) is 2.96. The maximum Gasteiger partial charge on any atom is 0.258 e. The van der Waals surface area contributed by atoms with Crippen LogP contribution in [0.15, 0.2) is 78.9 Å². The van der Waals surface area contributed by atoms with E-state index in [1.54, 1.807) is 6.07 Å². The van der Waals surface area contributed by atoms with Gasteiger partial charge in [-0.1, -0.05) is 48.5 Å². The highest BCUT2D eigenvalue weighted by molar-refractivity contribution is 6.07. The van der Waals surface area contributed by atoms with Gasteiger partial charge in [0.05, 0.1) is 0 Å². The van der Waals surface area contributed by atoms with Gasteiger partial charge in [0, 0.05) is 29.9 Å². The van der Waals surface area contributed by atoms with E-state index in [0.29, 0.717) is 24.2 Å². The molecule has 0 bridgehead atoms. The predicted octanol–water partition coefficient (Wildman–Crippen LogP) is 4.21. The Hall–Kier alpha value is -3.40. The van der Waals surface area contributed by atoms with Crippen molar-refractivity contribution < 1.29 is 9.59 Å². The van der Waals surface area contributed by atoms with Crippen molar-refractivity contribution in [2.45, 2.75) is 19.4 Å². The van der Waals surface area contributed by atoms with Gasteiger partial charge in [0.1, 0.15) is 0 Å². The third-order valence-corrected chi connectivity index (χ3v) is 5.02. The normalized spacial score (nSPS) is 12.9. The molecule has 4 nitrogen and oxygen atoms in total. The molecular formula is C24H22N2O2. The minimum Gasteiger partial charge on any atom is -0.348 e. The molecule has 3 aromatic carbocycles. The van der Waals surface area contributed by atoms with Gasteiger partial charge in [0.25, 0.3) is 11.8 Å². The number of nitrogens with zero attached hydrogens (tertiary/aromatic N) is 1. The molecule has 140 valence electrons. The molecule has 2 amide bonds. The molecule has 28 heavy (non-hydrogen) atoms. The van der Waals surface area contributed by atoms with Crippen molar-refractivity contribution in [3.05, 3.63) is 101 Å². The van der Waals surface area contributed by atoms with Crippen molar-refractivity contribution in [3.63, 3.8) is 0 Å². The fourth-order valence-corrected chi connectivity index (χ4v) is 3.57. The molecular weight excluding hydrogens is 348 g/mol. The van der Waals surface area contributed by atoms with Crippen LogP contribution < -0.4 is 10.2 Å². The first-order valence-electron chi connectivity index (χ1n) is 9.54. The summed E-state index contributed by atoms with van der Waals surface area (Å²) in [6, 6.07) is 24.8. The van der Waals surface area contributed by atoms with Crippen molar-refractivity contribution in [3.8, 4) is 0 Å². The summed E-state index contributed by atoms with van der Waals surface area (Å²) in [7, 11) is 0. The molecule has 0 spiro atoms. The Bertz CT molecular complexity index is 984. The lowest BCUT2D eigenvalue weighted by Crippen LogP contribution is -2.35. The van der Waals surface area contributed by atoms with Gasteiger partial charge < -0.3 is 10.2 Å². The number of amides is 2. The highest BCUT2D eigenvalue weighted by Gasteiger charge is 2.24. The molecule has 0 fully saturated rings. The first-order valence-corrected chi connectivity index (χ1v) is 9.54. The van der Waals surface area contributed by atoms with E-state index in [-0.39, 0.29) is 11.8 Å². The molecule has 0 aliphatic carbocycles. The largest absolute Gasteiger partial charge is 0.348 e. The standard InChI is InChI=1S/C24H22N2O2/c27-23(25-17-18-8-3-1-4-9-18)21-13-14-22-20(16-21)12-7-15-26(22)24(28)19-10-5-2-6-11-19/h1-6,8-11,13-14,16H,7,12,15,17H2,(H,25,27). The fraction of sp³-hybridized carbons (Fsp3) is 0.167. The first kappa shape index (κ1) is 18.0. The van der Waals surface area contributed by atoms with E-state index in [9.17, 15) is 9.59 Å². The molecule has 0 atom stereocenters. The average molecular weight is 370 g/mol. The molecule has 1 aliphatic rings. The Labute approximate surface area is 164 Å². The highest BCUT2D eigenvalue weighted by atomic mass is 16.2. The average Bonchev–Trinajstić information content (AvgIpc) is 2.77. The minimum atomic E-state index is -0.0989. The first-order chi connectivity index (χ1) is 13.7. The third-order valence-electron chi connectivity index (χ3n) is 5.02. The second kappa shape index (κ2) is 8.09. The summed E-state index contributed by atoms with van der Waals surface area (Å²) in [5.41, 5.74) is 4.32. The lowest BCUT2D eigenvalue weighted by atomic mass is 9.98. The minimum absolute atomic E-state index is 0.00262. The van der Waals surface area contributed by atoms with Gasteiger partial charge in [-0.05, 0) is 54.3 Å². The number of aryl methyl sites for hydroxylation is 1. The summed E-state index contributed by atoms with van der Waals surface area (Å²) >= 11 is 0. The summed E-state index contributed by atoms with van der Waals surface area (Å²) in [6.07, 6.45) is 1.76. The molecule has 0 unspecified atom stereocenters. The molecule has 3 aromatic rings. The van der Waals surface area contributed by atoms with E-state index in [4.69, 9.17) is 0 Å². The molecule has 1 N–H and O–H groups in total. The van der Waals surface area contributed by atoms with Crippen LogP contribution in [-0.2, 0) is 13.0 Å². The van der Waals surface area contributed by atoms with Crippen molar-refractivity contribution >= 4 is 17.5 Å². The zero-order chi connectivity index (χ0) is 19.3. The van der Waals surface area contributed by atoms with Crippen molar-refractivity contribution in [2.75, 3.05) is 11.4 Å². The second-order valence-electron chi connectivity index (χ2n) is 6.94. The van der Waals surface area contributed by atoms with Crippen LogP contribution in [0.2, 0.25) is 0 Å². The predicted molar refractivity (Wildman–Crippen MR) is 110 cm³/mol. The van der Waals surface area contributed by atoms with Crippen LogP contribution in [0.3, 0.4) is 0 Å². The Morgan fingerprint density at radius 2 is 1.57 bits per heavy atom. The van der Waals surface area contributed by atoms with Gasteiger partial charge in [-0.15, -0.1) is 0 Å². The van der Waals surface area contributed by atoms with Crippen LogP contribution in [0.1, 0.15) is 38.3 Å². The molecule has 0 saturated carbocycles. The zero-order valence-corrected chi connectivity index (χ0v) is 15.6. The van der Waals surface area contributed by atoms with E-state index in [2.05, 4.69) is 5.32 Å².